The van der Waals surface area contributed by atoms with Crippen molar-refractivity contribution >= 4 is 28.3 Å². The molecule has 124 valence electrons. The summed E-state index contributed by atoms with van der Waals surface area (Å²) < 4.78 is 14.8. The summed E-state index contributed by atoms with van der Waals surface area (Å²) in [4.78, 5) is 27.4. The minimum absolute atomic E-state index is 0.0953. The number of methoxy groups -OCH3 is 1. The van der Waals surface area contributed by atoms with E-state index < -0.39 is 0 Å². The molecule has 2 heterocycles. The number of carbonyl (C=O) groups is 2. The van der Waals surface area contributed by atoms with Crippen LogP contribution >= 0.6 is 11.3 Å². The number of amides is 1. The Labute approximate surface area is 136 Å². The lowest BCUT2D eigenvalue weighted by molar-refractivity contribution is -0.142. The molecule has 0 aliphatic carbocycles. The molecule has 0 saturated heterocycles. The summed E-state index contributed by atoms with van der Waals surface area (Å²) in [5, 5.41) is 8.51. The van der Waals surface area contributed by atoms with Crippen LogP contribution in [0.25, 0.3) is 0 Å². The minimum atomic E-state index is -0.338. The third-order valence-corrected chi connectivity index (χ3v) is 3.58. The predicted molar refractivity (Wildman–Crippen MR) is 82.5 cm³/mol. The van der Waals surface area contributed by atoms with Crippen LogP contribution in [0.15, 0.2) is 16.0 Å². The molecule has 0 spiro atoms. The highest BCUT2D eigenvalue weighted by Gasteiger charge is 2.12. The molecule has 2 aromatic heterocycles. The summed E-state index contributed by atoms with van der Waals surface area (Å²) in [5.41, 5.74) is 0.573. The van der Waals surface area contributed by atoms with Gasteiger partial charge in [0.15, 0.2) is 5.13 Å². The van der Waals surface area contributed by atoms with Crippen LogP contribution in [0.5, 0.6) is 5.88 Å². The van der Waals surface area contributed by atoms with Crippen LogP contribution in [0.1, 0.15) is 24.8 Å². The quantitative estimate of drug-likeness (QED) is 0.732. The number of ether oxygens (including phenoxy) is 2. The van der Waals surface area contributed by atoms with Gasteiger partial charge in [0.2, 0.25) is 5.91 Å². The topological polar surface area (TPSA) is 104 Å². The number of carbonyl (C=O) groups excluding carboxylic acids is 2. The summed E-state index contributed by atoms with van der Waals surface area (Å²) in [6, 6.07) is 1.63. The summed E-state index contributed by atoms with van der Waals surface area (Å²) in [6.07, 6.45) is 0.729. The third kappa shape index (κ3) is 5.37. The highest BCUT2D eigenvalue weighted by molar-refractivity contribution is 7.13. The molecule has 0 bridgehead atoms. The summed E-state index contributed by atoms with van der Waals surface area (Å²) >= 11 is 1.26. The largest absolute Gasteiger partial charge is 0.479 e. The normalized spacial score (nSPS) is 10.3. The van der Waals surface area contributed by atoms with Gasteiger partial charge in [0.05, 0.1) is 25.8 Å². The number of hydrogen-bond acceptors (Lipinski definition) is 8. The Kier molecular flexibility index (Phi) is 6.10. The average molecular weight is 339 g/mol. The van der Waals surface area contributed by atoms with Gasteiger partial charge in [-0.05, 0) is 12.1 Å². The second-order valence-corrected chi connectivity index (χ2v) is 5.37. The SMILES string of the molecule is CCOC(=O)Cc1csc(NC(=O)CCc2cc(OC)no2)n1. The number of hydrogen-bond donors (Lipinski definition) is 1. The second-order valence-electron chi connectivity index (χ2n) is 4.51. The zero-order valence-electron chi connectivity index (χ0n) is 12.8. The molecule has 8 nitrogen and oxygen atoms in total. The van der Waals surface area contributed by atoms with Crippen LogP contribution in [0.4, 0.5) is 5.13 Å². The fourth-order valence-electron chi connectivity index (χ4n) is 1.73. The fraction of sp³-hybridized carbons (Fsp3) is 0.429. The Morgan fingerprint density at radius 2 is 2.26 bits per heavy atom. The van der Waals surface area contributed by atoms with Gasteiger partial charge in [0.1, 0.15) is 5.76 Å². The molecule has 2 aromatic rings. The van der Waals surface area contributed by atoms with Crippen LogP contribution in [0.2, 0.25) is 0 Å². The molecular formula is C14H17N3O5S. The molecule has 2 rings (SSSR count). The smallest absolute Gasteiger partial charge is 0.311 e. The van der Waals surface area contributed by atoms with Gasteiger partial charge in [-0.3, -0.25) is 9.59 Å². The van der Waals surface area contributed by atoms with E-state index in [1.54, 1.807) is 18.4 Å². The average Bonchev–Trinajstić information content (AvgIpc) is 3.14. The van der Waals surface area contributed by atoms with E-state index in [9.17, 15) is 9.59 Å². The third-order valence-electron chi connectivity index (χ3n) is 2.77. The maximum absolute atomic E-state index is 11.9. The number of aromatic nitrogens is 2. The molecule has 0 saturated carbocycles. The molecule has 0 radical (unpaired) electrons. The van der Waals surface area contributed by atoms with Crippen molar-refractivity contribution in [3.05, 3.63) is 22.9 Å². The highest BCUT2D eigenvalue weighted by atomic mass is 32.1. The predicted octanol–water partition coefficient (Wildman–Crippen LogP) is 1.82. The maximum Gasteiger partial charge on any atom is 0.311 e. The molecule has 0 aromatic carbocycles. The highest BCUT2D eigenvalue weighted by Crippen LogP contribution is 2.17. The number of nitrogens with zero attached hydrogens (tertiary/aromatic N) is 2. The van der Waals surface area contributed by atoms with Gasteiger partial charge in [0, 0.05) is 24.3 Å². The zero-order valence-corrected chi connectivity index (χ0v) is 13.6. The lowest BCUT2D eigenvalue weighted by Crippen LogP contribution is -2.12. The van der Waals surface area contributed by atoms with Crippen molar-refractivity contribution < 1.29 is 23.6 Å². The molecule has 0 unspecified atom stereocenters. The number of esters is 1. The lowest BCUT2D eigenvalue weighted by atomic mass is 10.2. The number of anilines is 1. The molecule has 0 aliphatic rings. The van der Waals surface area contributed by atoms with Crippen molar-refractivity contribution in [3.63, 3.8) is 0 Å². The van der Waals surface area contributed by atoms with E-state index in [4.69, 9.17) is 14.0 Å². The monoisotopic (exact) mass is 339 g/mol. The molecule has 0 atom stereocenters. The Hall–Kier alpha value is -2.42. The van der Waals surface area contributed by atoms with Crippen molar-refractivity contribution in [2.45, 2.75) is 26.2 Å². The van der Waals surface area contributed by atoms with Gasteiger partial charge in [-0.2, -0.15) is 0 Å². The summed E-state index contributed by atoms with van der Waals surface area (Å²) in [5.74, 6) is 0.412. The number of aryl methyl sites for hydroxylation is 1. The number of nitrogens with one attached hydrogen (secondary N) is 1. The van der Waals surface area contributed by atoms with Crippen LogP contribution in [-0.4, -0.2) is 35.7 Å². The van der Waals surface area contributed by atoms with Crippen molar-refractivity contribution in [2.24, 2.45) is 0 Å². The lowest BCUT2D eigenvalue weighted by Gasteiger charge is -2.00. The summed E-state index contributed by atoms with van der Waals surface area (Å²) in [6.45, 7) is 2.08. The van der Waals surface area contributed by atoms with Crippen LogP contribution < -0.4 is 10.1 Å². The first-order valence-electron chi connectivity index (χ1n) is 7.00. The Morgan fingerprint density at radius 1 is 1.43 bits per heavy atom. The molecule has 0 aliphatic heterocycles. The van der Waals surface area contributed by atoms with E-state index in [1.165, 1.54) is 18.4 Å². The van der Waals surface area contributed by atoms with Crippen molar-refractivity contribution in [1.82, 2.24) is 10.1 Å². The molecular weight excluding hydrogens is 322 g/mol. The molecule has 1 N–H and O–H groups in total. The fourth-order valence-corrected chi connectivity index (χ4v) is 2.46. The maximum atomic E-state index is 11.9. The zero-order chi connectivity index (χ0) is 16.7. The summed E-state index contributed by atoms with van der Waals surface area (Å²) in [7, 11) is 1.49. The van der Waals surface area contributed by atoms with Crippen molar-refractivity contribution in [3.8, 4) is 5.88 Å². The van der Waals surface area contributed by atoms with E-state index in [2.05, 4.69) is 15.5 Å². The second kappa shape index (κ2) is 8.28. The Bertz CT molecular complexity index is 667. The van der Waals surface area contributed by atoms with Crippen LogP contribution in [0.3, 0.4) is 0 Å². The molecule has 9 heteroatoms. The molecule has 23 heavy (non-hydrogen) atoms. The van der Waals surface area contributed by atoms with E-state index in [0.29, 0.717) is 35.5 Å². The van der Waals surface area contributed by atoms with E-state index >= 15 is 0 Å². The number of thiazole rings is 1. The van der Waals surface area contributed by atoms with E-state index in [-0.39, 0.29) is 24.7 Å². The molecule has 1 amide bonds. The van der Waals surface area contributed by atoms with Gasteiger partial charge in [0.25, 0.3) is 5.88 Å². The Balaban J connectivity index is 1.78. The minimum Gasteiger partial charge on any atom is -0.479 e. The van der Waals surface area contributed by atoms with Crippen LogP contribution in [0, 0.1) is 0 Å². The van der Waals surface area contributed by atoms with Crippen molar-refractivity contribution in [2.75, 3.05) is 19.0 Å². The number of rotatable bonds is 8. The van der Waals surface area contributed by atoms with Gasteiger partial charge < -0.3 is 19.3 Å². The van der Waals surface area contributed by atoms with Gasteiger partial charge in [-0.15, -0.1) is 11.3 Å². The Morgan fingerprint density at radius 3 is 2.96 bits per heavy atom. The first-order valence-corrected chi connectivity index (χ1v) is 7.88. The van der Waals surface area contributed by atoms with E-state index in [1.807, 2.05) is 0 Å². The van der Waals surface area contributed by atoms with Crippen molar-refractivity contribution in [1.29, 1.82) is 0 Å². The van der Waals surface area contributed by atoms with Gasteiger partial charge >= 0.3 is 5.97 Å². The first-order chi connectivity index (χ1) is 11.1. The van der Waals surface area contributed by atoms with E-state index in [0.717, 1.165) is 0 Å². The first kappa shape index (κ1) is 16.9. The standard InChI is InChI=1S/C14H17N3O5S/c1-3-21-13(19)6-9-8-23-14(15-9)16-11(18)5-4-10-7-12(20-2)17-22-10/h7-8H,3-6H2,1-2H3,(H,15,16,18). The van der Waals surface area contributed by atoms with Gasteiger partial charge in [-0.25, -0.2) is 4.98 Å². The molecule has 0 fully saturated rings. The van der Waals surface area contributed by atoms with Crippen LogP contribution in [-0.2, 0) is 27.2 Å². The van der Waals surface area contributed by atoms with Gasteiger partial charge in [-0.1, -0.05) is 0 Å².